The van der Waals surface area contributed by atoms with Gasteiger partial charge in [0.05, 0.1) is 18.4 Å². The molecule has 1 aliphatic heterocycles. The van der Waals surface area contributed by atoms with Gasteiger partial charge in [0.1, 0.15) is 23.7 Å². The molecular formula is C18H20FN3O2. The summed E-state index contributed by atoms with van der Waals surface area (Å²) in [5.74, 6) is 0.153. The summed E-state index contributed by atoms with van der Waals surface area (Å²) in [6, 6.07) is 3.66. The minimum absolute atomic E-state index is 0.103. The summed E-state index contributed by atoms with van der Waals surface area (Å²) in [6.07, 6.45) is 8.45. The molecule has 126 valence electrons. The topological polar surface area (TPSA) is 70.1 Å². The van der Waals surface area contributed by atoms with Gasteiger partial charge >= 0.3 is 0 Å². The third-order valence-electron chi connectivity index (χ3n) is 5.15. The van der Waals surface area contributed by atoms with Crippen molar-refractivity contribution in [2.75, 3.05) is 6.67 Å². The Hall–Kier alpha value is -2.37. The van der Waals surface area contributed by atoms with Crippen LogP contribution >= 0.6 is 0 Å². The molecule has 0 unspecified atom stereocenters. The highest BCUT2D eigenvalue weighted by Crippen LogP contribution is 2.51. The molecule has 1 fully saturated rings. The largest absolute Gasteiger partial charge is 0.480 e. The number of nitrogens with two attached hydrogens (primary N) is 1. The summed E-state index contributed by atoms with van der Waals surface area (Å²) in [4.78, 5) is 16.1. The standard InChI is InChI=1S/C18H20FN3O2/c19-7-9-22-14(17(20)23)10-13-16(22)12-4-8-21-11-15(12)24-18(13)5-2-1-3-6-18/h4,8,10-11H,1-3,5-7,9H2,(H2,20,23). The number of fused-ring (bicyclic) bond motifs is 4. The number of amides is 1. The van der Waals surface area contributed by atoms with Crippen LogP contribution < -0.4 is 10.5 Å². The molecule has 0 saturated heterocycles. The number of carbonyl (C=O) groups is 1. The third-order valence-corrected chi connectivity index (χ3v) is 5.15. The van der Waals surface area contributed by atoms with Crippen LogP contribution in [0.1, 0.15) is 48.2 Å². The Bertz CT molecular complexity index is 794. The highest BCUT2D eigenvalue weighted by Gasteiger charge is 2.44. The minimum atomic E-state index is -0.560. The van der Waals surface area contributed by atoms with E-state index < -0.39 is 18.2 Å². The van der Waals surface area contributed by atoms with Crippen molar-refractivity contribution < 1.29 is 13.9 Å². The molecule has 0 atom stereocenters. The van der Waals surface area contributed by atoms with Crippen LogP contribution in [0.2, 0.25) is 0 Å². The van der Waals surface area contributed by atoms with E-state index >= 15 is 0 Å². The first-order chi connectivity index (χ1) is 11.7. The Morgan fingerprint density at radius 2 is 2.17 bits per heavy atom. The molecule has 2 aliphatic rings. The van der Waals surface area contributed by atoms with Gasteiger partial charge in [0, 0.05) is 17.3 Å². The number of pyridine rings is 1. The molecule has 24 heavy (non-hydrogen) atoms. The molecule has 4 rings (SSSR count). The van der Waals surface area contributed by atoms with E-state index in [1.54, 1.807) is 17.0 Å². The lowest BCUT2D eigenvalue weighted by Crippen LogP contribution is -2.38. The van der Waals surface area contributed by atoms with Crippen LogP contribution in [0.25, 0.3) is 11.3 Å². The molecule has 1 saturated carbocycles. The van der Waals surface area contributed by atoms with E-state index in [9.17, 15) is 9.18 Å². The Morgan fingerprint density at radius 1 is 1.38 bits per heavy atom. The minimum Gasteiger partial charge on any atom is -0.480 e. The average molecular weight is 329 g/mol. The van der Waals surface area contributed by atoms with Gasteiger partial charge in [-0.05, 0) is 37.8 Å². The predicted molar refractivity (Wildman–Crippen MR) is 87.5 cm³/mol. The molecule has 1 aliphatic carbocycles. The van der Waals surface area contributed by atoms with Crippen LogP contribution in [0.3, 0.4) is 0 Å². The number of rotatable bonds is 3. The number of carbonyl (C=O) groups excluding carboxylic acids is 1. The third kappa shape index (κ3) is 2.12. The second-order valence-electron chi connectivity index (χ2n) is 6.53. The fourth-order valence-electron chi connectivity index (χ4n) is 4.12. The van der Waals surface area contributed by atoms with Crippen LogP contribution in [-0.4, -0.2) is 22.1 Å². The zero-order valence-electron chi connectivity index (χ0n) is 13.4. The first-order valence-corrected chi connectivity index (χ1v) is 8.39. The van der Waals surface area contributed by atoms with Crippen LogP contribution in [0.4, 0.5) is 4.39 Å². The van der Waals surface area contributed by atoms with Gasteiger partial charge in [-0.15, -0.1) is 0 Å². The zero-order chi connectivity index (χ0) is 16.7. The maximum atomic E-state index is 13.2. The fourth-order valence-corrected chi connectivity index (χ4v) is 4.12. The number of hydrogen-bond acceptors (Lipinski definition) is 3. The highest BCUT2D eigenvalue weighted by molar-refractivity contribution is 5.94. The summed E-state index contributed by atoms with van der Waals surface area (Å²) in [5.41, 5.74) is 8.10. The van der Waals surface area contributed by atoms with Gasteiger partial charge in [0.25, 0.3) is 5.91 Å². The van der Waals surface area contributed by atoms with Gasteiger partial charge in [0.15, 0.2) is 0 Å². The van der Waals surface area contributed by atoms with Crippen molar-refractivity contribution >= 4 is 5.91 Å². The van der Waals surface area contributed by atoms with E-state index in [4.69, 9.17) is 10.5 Å². The number of nitrogens with zero attached hydrogens (tertiary/aromatic N) is 2. The molecular weight excluding hydrogens is 309 g/mol. The van der Waals surface area contributed by atoms with Gasteiger partial charge in [-0.1, -0.05) is 6.42 Å². The van der Waals surface area contributed by atoms with E-state index in [0.717, 1.165) is 42.5 Å². The van der Waals surface area contributed by atoms with E-state index in [1.807, 2.05) is 12.1 Å². The van der Waals surface area contributed by atoms with Crippen molar-refractivity contribution in [2.45, 2.75) is 44.2 Å². The number of hydrogen-bond donors (Lipinski definition) is 1. The monoisotopic (exact) mass is 329 g/mol. The number of halogens is 1. The lowest BCUT2D eigenvalue weighted by molar-refractivity contribution is 0.0235. The van der Waals surface area contributed by atoms with Gasteiger partial charge in [-0.25, -0.2) is 4.39 Å². The molecule has 0 aromatic carbocycles. The highest BCUT2D eigenvalue weighted by atomic mass is 19.1. The van der Waals surface area contributed by atoms with Crippen LogP contribution in [0.15, 0.2) is 24.5 Å². The quantitative estimate of drug-likeness (QED) is 0.940. The summed E-state index contributed by atoms with van der Waals surface area (Å²) in [6.45, 7) is -0.457. The summed E-state index contributed by atoms with van der Waals surface area (Å²) >= 11 is 0. The Kier molecular flexibility index (Phi) is 3.55. The molecule has 0 radical (unpaired) electrons. The molecule has 3 heterocycles. The van der Waals surface area contributed by atoms with Crippen molar-refractivity contribution in [1.29, 1.82) is 0 Å². The normalized spacial score (nSPS) is 17.9. The number of primary amides is 1. The van der Waals surface area contributed by atoms with E-state index in [-0.39, 0.29) is 6.54 Å². The Morgan fingerprint density at radius 3 is 2.88 bits per heavy atom. The molecule has 1 amide bonds. The Balaban J connectivity index is 2.00. The van der Waals surface area contributed by atoms with Crippen LogP contribution in [0, 0.1) is 0 Å². The molecule has 2 aromatic heterocycles. The van der Waals surface area contributed by atoms with Crippen molar-refractivity contribution in [3.8, 4) is 17.0 Å². The molecule has 0 bridgehead atoms. The van der Waals surface area contributed by atoms with E-state index in [0.29, 0.717) is 11.4 Å². The van der Waals surface area contributed by atoms with Crippen LogP contribution in [-0.2, 0) is 12.1 Å². The molecule has 5 nitrogen and oxygen atoms in total. The van der Waals surface area contributed by atoms with Crippen molar-refractivity contribution in [3.63, 3.8) is 0 Å². The summed E-state index contributed by atoms with van der Waals surface area (Å²) in [5, 5.41) is 0. The fraction of sp³-hybridized carbons (Fsp3) is 0.444. The first-order valence-electron chi connectivity index (χ1n) is 8.39. The average Bonchev–Trinajstić information content (AvgIpc) is 2.97. The number of ether oxygens (including phenoxy) is 1. The maximum absolute atomic E-state index is 13.2. The SMILES string of the molecule is NC(=O)c1cc2c(n1CCF)-c1ccncc1OC21CCCCC1. The Labute approximate surface area is 139 Å². The predicted octanol–water partition coefficient (Wildman–Crippen LogP) is 3.17. The van der Waals surface area contributed by atoms with Crippen molar-refractivity contribution in [3.05, 3.63) is 35.8 Å². The first kappa shape index (κ1) is 15.2. The van der Waals surface area contributed by atoms with E-state index in [2.05, 4.69) is 4.98 Å². The smallest absolute Gasteiger partial charge is 0.265 e. The van der Waals surface area contributed by atoms with Crippen LogP contribution in [0.5, 0.6) is 5.75 Å². The number of aromatic nitrogens is 2. The van der Waals surface area contributed by atoms with Gasteiger partial charge < -0.3 is 15.0 Å². The molecule has 2 aromatic rings. The van der Waals surface area contributed by atoms with Crippen molar-refractivity contribution in [2.24, 2.45) is 5.73 Å². The summed E-state index contributed by atoms with van der Waals surface area (Å²) < 4.78 is 21.3. The lowest BCUT2D eigenvalue weighted by Gasteiger charge is -2.41. The zero-order valence-corrected chi connectivity index (χ0v) is 13.4. The molecule has 6 heteroatoms. The van der Waals surface area contributed by atoms with Crippen molar-refractivity contribution in [1.82, 2.24) is 9.55 Å². The van der Waals surface area contributed by atoms with Gasteiger partial charge in [0.2, 0.25) is 0 Å². The molecule has 1 spiro atoms. The lowest BCUT2D eigenvalue weighted by atomic mass is 9.77. The molecule has 2 N–H and O–H groups in total. The van der Waals surface area contributed by atoms with Gasteiger partial charge in [-0.3, -0.25) is 9.78 Å². The maximum Gasteiger partial charge on any atom is 0.265 e. The summed E-state index contributed by atoms with van der Waals surface area (Å²) in [7, 11) is 0. The van der Waals surface area contributed by atoms with E-state index in [1.165, 1.54) is 6.42 Å². The second kappa shape index (κ2) is 5.61. The van der Waals surface area contributed by atoms with Gasteiger partial charge in [-0.2, -0.15) is 0 Å². The second-order valence-corrected chi connectivity index (χ2v) is 6.53. The number of alkyl halides is 1.